The van der Waals surface area contributed by atoms with E-state index in [1.54, 1.807) is 11.8 Å². The summed E-state index contributed by atoms with van der Waals surface area (Å²) in [5.74, 6) is 0.482. The molecule has 0 saturated carbocycles. The first-order valence-corrected chi connectivity index (χ1v) is 8.21. The number of esters is 1. The molecule has 0 saturated heterocycles. The molecule has 0 N–H and O–H groups in total. The molecule has 0 radical (unpaired) electrons. The first kappa shape index (κ1) is 19.0. The van der Waals surface area contributed by atoms with Crippen molar-refractivity contribution >= 4 is 11.9 Å². The summed E-state index contributed by atoms with van der Waals surface area (Å²) in [5.41, 5.74) is 0. The number of para-hydroxylation sites is 1. The van der Waals surface area contributed by atoms with Crippen LogP contribution in [0.4, 0.5) is 0 Å². The van der Waals surface area contributed by atoms with Crippen LogP contribution in [0.25, 0.3) is 0 Å². The molecule has 0 aliphatic rings. The standard InChI is InChI=1S/C18H27NO4/c1-4-15(3)19(13-11-18(21)22-5-2)17(20)12-14-23-16-9-7-6-8-10-16/h6-10,15H,4-5,11-14H2,1-3H3. The molecule has 1 rings (SSSR count). The van der Waals surface area contributed by atoms with Gasteiger partial charge >= 0.3 is 5.97 Å². The molecular formula is C18H27NO4. The maximum Gasteiger partial charge on any atom is 0.307 e. The number of amides is 1. The van der Waals surface area contributed by atoms with Crippen molar-refractivity contribution in [3.63, 3.8) is 0 Å². The van der Waals surface area contributed by atoms with Crippen LogP contribution in [-0.4, -0.2) is 42.6 Å². The number of rotatable bonds is 10. The molecule has 5 nitrogen and oxygen atoms in total. The van der Waals surface area contributed by atoms with Crippen LogP contribution in [0, 0.1) is 0 Å². The summed E-state index contributed by atoms with van der Waals surface area (Å²) in [4.78, 5) is 25.6. The second kappa shape index (κ2) is 10.6. The highest BCUT2D eigenvalue weighted by Crippen LogP contribution is 2.11. The molecule has 0 aliphatic heterocycles. The molecule has 1 aromatic rings. The van der Waals surface area contributed by atoms with Gasteiger partial charge in [0.25, 0.3) is 0 Å². The second-order valence-electron chi connectivity index (χ2n) is 5.31. The first-order chi connectivity index (χ1) is 11.1. The normalized spacial score (nSPS) is 11.6. The summed E-state index contributed by atoms with van der Waals surface area (Å²) in [5, 5.41) is 0. The lowest BCUT2D eigenvalue weighted by molar-refractivity contribution is -0.144. The van der Waals surface area contributed by atoms with Crippen molar-refractivity contribution in [2.45, 2.75) is 46.1 Å². The van der Waals surface area contributed by atoms with Gasteiger partial charge in [0, 0.05) is 12.6 Å². The van der Waals surface area contributed by atoms with Gasteiger partial charge in [-0.25, -0.2) is 0 Å². The van der Waals surface area contributed by atoms with Gasteiger partial charge in [-0.3, -0.25) is 9.59 Å². The van der Waals surface area contributed by atoms with Crippen molar-refractivity contribution in [2.75, 3.05) is 19.8 Å². The van der Waals surface area contributed by atoms with Crippen LogP contribution in [0.5, 0.6) is 5.75 Å². The minimum Gasteiger partial charge on any atom is -0.493 e. The lowest BCUT2D eigenvalue weighted by Crippen LogP contribution is -2.40. The Morgan fingerprint density at radius 2 is 1.83 bits per heavy atom. The summed E-state index contributed by atoms with van der Waals surface area (Å²) in [6.07, 6.45) is 1.36. The molecule has 5 heteroatoms. The van der Waals surface area contributed by atoms with E-state index < -0.39 is 0 Å². The number of hydrogen-bond donors (Lipinski definition) is 0. The van der Waals surface area contributed by atoms with Gasteiger partial charge in [-0.05, 0) is 32.4 Å². The molecule has 1 unspecified atom stereocenters. The van der Waals surface area contributed by atoms with Gasteiger partial charge in [-0.15, -0.1) is 0 Å². The fraction of sp³-hybridized carbons (Fsp3) is 0.556. The van der Waals surface area contributed by atoms with E-state index in [9.17, 15) is 9.59 Å². The zero-order valence-corrected chi connectivity index (χ0v) is 14.3. The molecule has 0 heterocycles. The van der Waals surface area contributed by atoms with Gasteiger partial charge in [0.05, 0.1) is 26.1 Å². The fourth-order valence-electron chi connectivity index (χ4n) is 2.17. The lowest BCUT2D eigenvalue weighted by Gasteiger charge is -2.28. The van der Waals surface area contributed by atoms with E-state index in [0.29, 0.717) is 26.2 Å². The number of carbonyl (C=O) groups is 2. The Morgan fingerprint density at radius 1 is 1.13 bits per heavy atom. The molecule has 1 atom stereocenters. The van der Waals surface area contributed by atoms with Crippen molar-refractivity contribution in [1.82, 2.24) is 4.90 Å². The maximum atomic E-state index is 12.4. The van der Waals surface area contributed by atoms with Gasteiger partial charge < -0.3 is 14.4 Å². The molecule has 0 aromatic heterocycles. The Bertz CT molecular complexity index is 475. The SMILES string of the molecule is CCOC(=O)CCN(C(=O)CCOc1ccccc1)C(C)CC. The highest BCUT2D eigenvalue weighted by molar-refractivity contribution is 5.77. The molecule has 0 aliphatic carbocycles. The predicted octanol–water partition coefficient (Wildman–Crippen LogP) is 3.04. The lowest BCUT2D eigenvalue weighted by atomic mass is 10.2. The van der Waals surface area contributed by atoms with E-state index in [-0.39, 0.29) is 24.3 Å². The van der Waals surface area contributed by atoms with Crippen molar-refractivity contribution < 1.29 is 19.1 Å². The van der Waals surface area contributed by atoms with Crippen LogP contribution >= 0.6 is 0 Å². The van der Waals surface area contributed by atoms with Crippen LogP contribution in [0.15, 0.2) is 30.3 Å². The van der Waals surface area contributed by atoms with Gasteiger partial charge in [0.2, 0.25) is 5.91 Å². The molecule has 128 valence electrons. The summed E-state index contributed by atoms with van der Waals surface area (Å²) < 4.78 is 10.5. The molecule has 1 amide bonds. The van der Waals surface area contributed by atoms with E-state index in [0.717, 1.165) is 12.2 Å². The zero-order valence-electron chi connectivity index (χ0n) is 14.3. The summed E-state index contributed by atoms with van der Waals surface area (Å²) in [7, 11) is 0. The van der Waals surface area contributed by atoms with E-state index >= 15 is 0 Å². The minimum absolute atomic E-state index is 0.000389. The highest BCUT2D eigenvalue weighted by atomic mass is 16.5. The van der Waals surface area contributed by atoms with Crippen molar-refractivity contribution in [1.29, 1.82) is 0 Å². The Kier molecular flexibility index (Phi) is 8.80. The fourth-order valence-corrected chi connectivity index (χ4v) is 2.17. The number of carbonyl (C=O) groups excluding carboxylic acids is 2. The van der Waals surface area contributed by atoms with Crippen molar-refractivity contribution in [3.8, 4) is 5.75 Å². The molecule has 0 bridgehead atoms. The van der Waals surface area contributed by atoms with Crippen LogP contribution in [0.1, 0.15) is 40.0 Å². The summed E-state index contributed by atoms with van der Waals surface area (Å²) in [6.45, 7) is 6.86. The topological polar surface area (TPSA) is 55.8 Å². The average molecular weight is 321 g/mol. The van der Waals surface area contributed by atoms with Crippen LogP contribution in [-0.2, 0) is 14.3 Å². The third kappa shape index (κ3) is 7.17. The van der Waals surface area contributed by atoms with Crippen LogP contribution in [0.2, 0.25) is 0 Å². The average Bonchev–Trinajstić information content (AvgIpc) is 2.56. The number of benzene rings is 1. The summed E-state index contributed by atoms with van der Waals surface area (Å²) >= 11 is 0. The predicted molar refractivity (Wildman–Crippen MR) is 89.3 cm³/mol. The molecule has 1 aromatic carbocycles. The zero-order chi connectivity index (χ0) is 17.1. The first-order valence-electron chi connectivity index (χ1n) is 8.21. The minimum atomic E-state index is -0.269. The largest absolute Gasteiger partial charge is 0.493 e. The van der Waals surface area contributed by atoms with Gasteiger partial charge in [0.15, 0.2) is 0 Å². The van der Waals surface area contributed by atoms with E-state index in [1.807, 2.05) is 44.2 Å². The Hall–Kier alpha value is -2.04. The van der Waals surface area contributed by atoms with E-state index in [4.69, 9.17) is 9.47 Å². The quantitative estimate of drug-likeness (QED) is 0.622. The second-order valence-corrected chi connectivity index (χ2v) is 5.31. The third-order valence-electron chi connectivity index (χ3n) is 3.63. The van der Waals surface area contributed by atoms with Crippen LogP contribution in [0.3, 0.4) is 0 Å². The summed E-state index contributed by atoms with van der Waals surface area (Å²) in [6, 6.07) is 9.51. The molecule has 23 heavy (non-hydrogen) atoms. The van der Waals surface area contributed by atoms with Gasteiger partial charge in [-0.2, -0.15) is 0 Å². The Labute approximate surface area is 138 Å². The Morgan fingerprint density at radius 3 is 2.43 bits per heavy atom. The van der Waals surface area contributed by atoms with E-state index in [2.05, 4.69) is 0 Å². The van der Waals surface area contributed by atoms with Crippen LogP contribution < -0.4 is 4.74 Å². The number of nitrogens with zero attached hydrogens (tertiary/aromatic N) is 1. The van der Waals surface area contributed by atoms with Crippen molar-refractivity contribution in [2.24, 2.45) is 0 Å². The van der Waals surface area contributed by atoms with Gasteiger partial charge in [0.1, 0.15) is 5.75 Å². The maximum absolute atomic E-state index is 12.4. The van der Waals surface area contributed by atoms with E-state index in [1.165, 1.54) is 0 Å². The van der Waals surface area contributed by atoms with Crippen molar-refractivity contribution in [3.05, 3.63) is 30.3 Å². The molecule has 0 fully saturated rings. The smallest absolute Gasteiger partial charge is 0.307 e. The third-order valence-corrected chi connectivity index (χ3v) is 3.63. The molecular weight excluding hydrogens is 294 g/mol. The Balaban J connectivity index is 2.46. The highest BCUT2D eigenvalue weighted by Gasteiger charge is 2.20. The molecule has 0 spiro atoms. The number of ether oxygens (including phenoxy) is 2. The van der Waals surface area contributed by atoms with Gasteiger partial charge in [-0.1, -0.05) is 25.1 Å². The monoisotopic (exact) mass is 321 g/mol. The number of hydrogen-bond acceptors (Lipinski definition) is 4.